The van der Waals surface area contributed by atoms with Crippen molar-refractivity contribution in [2.45, 2.75) is 23.7 Å². The fourth-order valence-corrected chi connectivity index (χ4v) is 3.94. The number of hydrogen-bond donors (Lipinski definition) is 1. The van der Waals surface area contributed by atoms with E-state index >= 15 is 0 Å². The Bertz CT molecular complexity index is 957. The average Bonchev–Trinajstić information content (AvgIpc) is 2.60. The molecule has 4 nitrogen and oxygen atoms in total. The van der Waals surface area contributed by atoms with Crippen LogP contribution in [0.15, 0.2) is 45.8 Å². The van der Waals surface area contributed by atoms with Gasteiger partial charge >= 0.3 is 12.4 Å². The van der Waals surface area contributed by atoms with Gasteiger partial charge in [-0.3, -0.25) is 0 Å². The monoisotopic (exact) mass is 505 g/mol. The molecular weight excluding hydrogens is 492 g/mol. The molecule has 0 aliphatic rings. The second kappa shape index (κ2) is 8.52. The van der Waals surface area contributed by atoms with Gasteiger partial charge in [-0.15, -0.1) is 0 Å². The highest BCUT2D eigenvalue weighted by Crippen LogP contribution is 2.37. The maximum Gasteiger partial charge on any atom is 0.416 e. The van der Waals surface area contributed by atoms with Crippen molar-refractivity contribution in [2.24, 2.45) is 0 Å². The summed E-state index contributed by atoms with van der Waals surface area (Å²) >= 11 is 3.24. The lowest BCUT2D eigenvalue weighted by Crippen LogP contribution is -2.27. The summed E-state index contributed by atoms with van der Waals surface area (Å²) in [5, 5.41) is 0. The third-order valence-corrected chi connectivity index (χ3v) is 5.73. The number of methoxy groups -OCH3 is 1. The summed E-state index contributed by atoms with van der Waals surface area (Å²) < 4.78 is 110. The quantitative estimate of drug-likeness (QED) is 0.561. The zero-order valence-corrected chi connectivity index (χ0v) is 17.1. The van der Waals surface area contributed by atoms with Crippen molar-refractivity contribution in [1.29, 1.82) is 0 Å². The SMILES string of the molecule is COc1ccc(Br)cc1CCNS(=O)(=O)c1cc(C(F)(F)F)cc(C(F)(F)F)c1. The minimum absolute atomic E-state index is 0.0902. The highest BCUT2D eigenvalue weighted by atomic mass is 79.9. The second-order valence-electron chi connectivity index (χ2n) is 5.85. The molecule has 2 aromatic rings. The van der Waals surface area contributed by atoms with Crippen molar-refractivity contribution in [2.75, 3.05) is 13.7 Å². The molecule has 2 rings (SSSR count). The summed E-state index contributed by atoms with van der Waals surface area (Å²) in [6.07, 6.45) is -10.2. The molecule has 160 valence electrons. The molecule has 0 heterocycles. The number of ether oxygens (including phenoxy) is 1. The summed E-state index contributed by atoms with van der Waals surface area (Å²) in [6, 6.07) is 5.16. The highest BCUT2D eigenvalue weighted by molar-refractivity contribution is 9.10. The van der Waals surface area contributed by atoms with Crippen molar-refractivity contribution in [1.82, 2.24) is 4.72 Å². The molecular formula is C17H14BrF6NO3S. The third kappa shape index (κ3) is 6.09. The van der Waals surface area contributed by atoms with E-state index in [0.29, 0.717) is 15.8 Å². The fraction of sp³-hybridized carbons (Fsp3) is 0.294. The first-order chi connectivity index (χ1) is 13.2. The Balaban J connectivity index is 2.30. The van der Waals surface area contributed by atoms with Crippen LogP contribution in [0.3, 0.4) is 0 Å². The standard InChI is InChI=1S/C17H14BrF6NO3S/c1-28-15-3-2-13(18)6-10(15)4-5-25-29(26,27)14-8-11(16(19,20)21)7-12(9-14)17(22,23)24/h2-3,6-9,25H,4-5H2,1H3. The van der Waals surface area contributed by atoms with Gasteiger partial charge in [0.05, 0.1) is 23.1 Å². The molecule has 0 saturated heterocycles. The van der Waals surface area contributed by atoms with Gasteiger partial charge < -0.3 is 4.74 Å². The van der Waals surface area contributed by atoms with Crippen molar-refractivity contribution >= 4 is 26.0 Å². The number of rotatable bonds is 6. The first-order valence-electron chi connectivity index (χ1n) is 7.85. The van der Waals surface area contributed by atoms with Gasteiger partial charge in [0.2, 0.25) is 10.0 Å². The van der Waals surface area contributed by atoms with Gasteiger partial charge in [0.1, 0.15) is 5.75 Å². The van der Waals surface area contributed by atoms with E-state index in [-0.39, 0.29) is 31.2 Å². The molecule has 1 N–H and O–H groups in total. The van der Waals surface area contributed by atoms with Crippen LogP contribution >= 0.6 is 15.9 Å². The van der Waals surface area contributed by atoms with E-state index in [9.17, 15) is 34.8 Å². The molecule has 0 fully saturated rings. The van der Waals surface area contributed by atoms with E-state index in [2.05, 4.69) is 15.9 Å². The molecule has 12 heteroatoms. The molecule has 29 heavy (non-hydrogen) atoms. The van der Waals surface area contributed by atoms with Crippen molar-refractivity contribution in [3.63, 3.8) is 0 Å². The maximum atomic E-state index is 12.9. The number of hydrogen-bond acceptors (Lipinski definition) is 3. The second-order valence-corrected chi connectivity index (χ2v) is 8.53. The van der Waals surface area contributed by atoms with Crippen LogP contribution in [0.5, 0.6) is 5.75 Å². The average molecular weight is 506 g/mol. The van der Waals surface area contributed by atoms with E-state index in [0.717, 1.165) is 0 Å². The summed E-state index contributed by atoms with van der Waals surface area (Å²) in [5.74, 6) is 0.450. The number of nitrogens with one attached hydrogen (secondary N) is 1. The van der Waals surface area contributed by atoms with Crippen LogP contribution in [0.25, 0.3) is 0 Å². The third-order valence-electron chi connectivity index (χ3n) is 3.80. The summed E-state index contributed by atoms with van der Waals surface area (Å²) in [4.78, 5) is -1.12. The Morgan fingerprint density at radius 3 is 2.00 bits per heavy atom. The lowest BCUT2D eigenvalue weighted by molar-refractivity contribution is -0.143. The zero-order chi connectivity index (χ0) is 22.0. The van der Waals surface area contributed by atoms with Gasteiger partial charge in [-0.2, -0.15) is 26.3 Å². The molecule has 0 spiro atoms. The van der Waals surface area contributed by atoms with Crippen LogP contribution in [0.4, 0.5) is 26.3 Å². The van der Waals surface area contributed by atoms with Crippen molar-refractivity contribution < 1.29 is 39.5 Å². The summed E-state index contributed by atoms with van der Waals surface area (Å²) in [7, 11) is -3.23. The smallest absolute Gasteiger partial charge is 0.416 e. The summed E-state index contributed by atoms with van der Waals surface area (Å²) in [6.45, 7) is -0.271. The molecule has 0 saturated carbocycles. The van der Waals surface area contributed by atoms with E-state index in [4.69, 9.17) is 4.74 Å². The molecule has 0 unspecified atom stereocenters. The lowest BCUT2D eigenvalue weighted by Gasteiger charge is -2.15. The van der Waals surface area contributed by atoms with Gasteiger partial charge in [0, 0.05) is 11.0 Å². The Kier molecular flexibility index (Phi) is 6.90. The number of alkyl halides is 6. The Hall–Kier alpha value is -1.79. The first-order valence-corrected chi connectivity index (χ1v) is 10.1. The van der Waals surface area contributed by atoms with Crippen LogP contribution in [0, 0.1) is 0 Å². The predicted octanol–water partition coefficient (Wildman–Crippen LogP) is 5.02. The van der Waals surface area contributed by atoms with Crippen LogP contribution in [-0.2, 0) is 28.8 Å². The number of sulfonamides is 1. The molecule has 0 radical (unpaired) electrons. The van der Waals surface area contributed by atoms with Gasteiger partial charge in [0.25, 0.3) is 0 Å². The van der Waals surface area contributed by atoms with Gasteiger partial charge in [-0.05, 0) is 48.4 Å². The van der Waals surface area contributed by atoms with Gasteiger partial charge in [-0.25, -0.2) is 13.1 Å². The Labute approximate surface area is 171 Å². The Morgan fingerprint density at radius 2 is 1.52 bits per heavy atom. The van der Waals surface area contributed by atoms with E-state index in [1.54, 1.807) is 18.2 Å². The van der Waals surface area contributed by atoms with Gasteiger partial charge in [0.15, 0.2) is 0 Å². The zero-order valence-electron chi connectivity index (χ0n) is 14.7. The van der Waals surface area contributed by atoms with Crippen molar-refractivity contribution in [3.8, 4) is 5.75 Å². The maximum absolute atomic E-state index is 12.9. The molecule has 0 bridgehead atoms. The van der Waals surface area contributed by atoms with E-state index in [1.807, 2.05) is 4.72 Å². The van der Waals surface area contributed by atoms with Crippen molar-refractivity contribution in [3.05, 3.63) is 57.6 Å². The molecule has 0 amide bonds. The molecule has 2 aromatic carbocycles. The minimum atomic E-state index is -5.14. The molecule has 0 aromatic heterocycles. The lowest BCUT2D eigenvalue weighted by atomic mass is 10.1. The normalized spacial score (nSPS) is 12.8. The largest absolute Gasteiger partial charge is 0.496 e. The van der Waals surface area contributed by atoms with Crippen LogP contribution in [0.1, 0.15) is 16.7 Å². The van der Waals surface area contributed by atoms with Crippen LogP contribution in [-0.4, -0.2) is 22.1 Å². The summed E-state index contributed by atoms with van der Waals surface area (Å²) in [5.41, 5.74) is -2.83. The van der Waals surface area contributed by atoms with Crippen LogP contribution in [0.2, 0.25) is 0 Å². The first kappa shape index (κ1) is 23.5. The van der Waals surface area contributed by atoms with Crippen LogP contribution < -0.4 is 9.46 Å². The van der Waals surface area contributed by atoms with E-state index in [1.165, 1.54) is 7.11 Å². The fourth-order valence-electron chi connectivity index (χ4n) is 2.43. The topological polar surface area (TPSA) is 55.4 Å². The number of halogens is 7. The van der Waals surface area contributed by atoms with E-state index < -0.39 is 38.4 Å². The number of benzene rings is 2. The Morgan fingerprint density at radius 1 is 0.966 bits per heavy atom. The highest BCUT2D eigenvalue weighted by Gasteiger charge is 2.38. The van der Waals surface area contributed by atoms with Gasteiger partial charge in [-0.1, -0.05) is 15.9 Å². The molecule has 0 atom stereocenters. The molecule has 0 aliphatic carbocycles. The predicted molar refractivity (Wildman–Crippen MR) is 96.0 cm³/mol. The minimum Gasteiger partial charge on any atom is -0.496 e. The molecule has 0 aliphatic heterocycles.